The molecule has 2 N–H and O–H groups in total. The first-order valence-electron chi connectivity index (χ1n) is 9.55. The van der Waals surface area contributed by atoms with E-state index < -0.39 is 17.4 Å². The molecule has 1 aromatic carbocycles. The summed E-state index contributed by atoms with van der Waals surface area (Å²) >= 11 is 0. The molecular formula is C21H27FN4O2. The number of aromatic nitrogens is 1. The molecule has 3 rings (SSSR count). The van der Waals surface area contributed by atoms with Crippen molar-refractivity contribution in [3.8, 4) is 6.07 Å². The molecule has 0 saturated carbocycles. The fourth-order valence-corrected chi connectivity index (χ4v) is 4.36. The summed E-state index contributed by atoms with van der Waals surface area (Å²) in [5, 5.41) is 19.9. The molecule has 1 fully saturated rings. The lowest BCUT2D eigenvalue weighted by Crippen LogP contribution is -2.57. The van der Waals surface area contributed by atoms with Crippen molar-refractivity contribution in [2.24, 2.45) is 0 Å². The minimum Gasteiger partial charge on any atom is -0.465 e. The van der Waals surface area contributed by atoms with Crippen molar-refractivity contribution in [1.82, 2.24) is 9.88 Å². The summed E-state index contributed by atoms with van der Waals surface area (Å²) in [4.78, 5) is 18.5. The third kappa shape index (κ3) is 3.28. The first-order valence-corrected chi connectivity index (χ1v) is 9.55. The number of fused-ring (bicyclic) bond motifs is 1. The van der Waals surface area contributed by atoms with Gasteiger partial charge in [-0.3, -0.25) is 4.90 Å². The molecule has 0 bridgehead atoms. The molecule has 1 saturated heterocycles. The molecule has 1 aliphatic rings. The van der Waals surface area contributed by atoms with Crippen LogP contribution in [0.3, 0.4) is 0 Å². The van der Waals surface area contributed by atoms with E-state index in [1.165, 1.54) is 11.0 Å². The van der Waals surface area contributed by atoms with Gasteiger partial charge in [0.25, 0.3) is 0 Å². The Morgan fingerprint density at radius 3 is 2.68 bits per heavy atom. The average molecular weight is 386 g/mol. The largest absolute Gasteiger partial charge is 0.465 e. The molecule has 1 aromatic heterocycles. The van der Waals surface area contributed by atoms with Crippen LogP contribution in [0.15, 0.2) is 6.07 Å². The van der Waals surface area contributed by atoms with Crippen LogP contribution in [0.2, 0.25) is 0 Å². The molecule has 2 heterocycles. The topological polar surface area (TPSA) is 83.4 Å². The highest BCUT2D eigenvalue weighted by molar-refractivity contribution is 5.99. The number of aromatic amines is 1. The molecular weight excluding hydrogens is 359 g/mol. The minimum atomic E-state index is -0.960. The molecule has 1 amide bonds. The lowest BCUT2D eigenvalue weighted by Gasteiger charge is -2.45. The SMILES string of the molecule is Cc1[nH]c2c(C#N)cc(F)c(N3CCC[C@H](N(C(=O)O)C(C)(C)C)C3)c2c1C. The van der Waals surface area contributed by atoms with Crippen LogP contribution < -0.4 is 4.90 Å². The minimum absolute atomic E-state index is 0.225. The van der Waals surface area contributed by atoms with Gasteiger partial charge in [0.05, 0.1) is 22.8 Å². The molecule has 0 radical (unpaired) electrons. The number of nitrogens with one attached hydrogen (secondary N) is 1. The summed E-state index contributed by atoms with van der Waals surface area (Å²) in [5.74, 6) is -0.440. The van der Waals surface area contributed by atoms with Gasteiger partial charge in [0.15, 0.2) is 0 Å². The average Bonchev–Trinajstić information content (AvgIpc) is 2.88. The number of piperidine rings is 1. The molecule has 0 aliphatic carbocycles. The van der Waals surface area contributed by atoms with Crippen LogP contribution in [-0.4, -0.2) is 45.8 Å². The zero-order valence-corrected chi connectivity index (χ0v) is 17.1. The number of hydrogen-bond acceptors (Lipinski definition) is 3. The van der Waals surface area contributed by atoms with Gasteiger partial charge in [-0.2, -0.15) is 5.26 Å². The Kier molecular flexibility index (Phi) is 5.00. The third-order valence-corrected chi connectivity index (χ3v) is 5.63. The Bertz CT molecular complexity index is 968. The quantitative estimate of drug-likeness (QED) is 0.793. The van der Waals surface area contributed by atoms with Gasteiger partial charge in [-0.1, -0.05) is 0 Å². The van der Waals surface area contributed by atoms with Crippen LogP contribution in [0.4, 0.5) is 14.9 Å². The second-order valence-electron chi connectivity index (χ2n) is 8.56. The van der Waals surface area contributed by atoms with E-state index in [0.717, 1.165) is 24.1 Å². The number of nitrogens with zero attached hydrogens (tertiary/aromatic N) is 3. The molecule has 150 valence electrons. The maximum atomic E-state index is 15.1. The number of aryl methyl sites for hydroxylation is 2. The summed E-state index contributed by atoms with van der Waals surface area (Å²) in [6, 6.07) is 3.12. The molecule has 0 spiro atoms. The van der Waals surface area contributed by atoms with E-state index in [2.05, 4.69) is 11.1 Å². The van der Waals surface area contributed by atoms with Crippen molar-refractivity contribution >= 4 is 22.7 Å². The van der Waals surface area contributed by atoms with Gasteiger partial charge in [-0.05, 0) is 59.1 Å². The van der Waals surface area contributed by atoms with Gasteiger partial charge >= 0.3 is 6.09 Å². The van der Waals surface area contributed by atoms with Crippen LogP contribution in [0, 0.1) is 31.0 Å². The predicted molar refractivity (Wildman–Crippen MR) is 107 cm³/mol. The number of nitriles is 1. The summed E-state index contributed by atoms with van der Waals surface area (Å²) in [7, 11) is 0. The van der Waals surface area contributed by atoms with E-state index in [9.17, 15) is 15.2 Å². The van der Waals surface area contributed by atoms with E-state index in [1.807, 2.05) is 39.5 Å². The first-order chi connectivity index (χ1) is 13.1. The highest BCUT2D eigenvalue weighted by atomic mass is 19.1. The van der Waals surface area contributed by atoms with E-state index in [1.54, 1.807) is 0 Å². The third-order valence-electron chi connectivity index (χ3n) is 5.63. The van der Waals surface area contributed by atoms with E-state index in [-0.39, 0.29) is 11.6 Å². The van der Waals surface area contributed by atoms with E-state index in [4.69, 9.17) is 0 Å². The monoisotopic (exact) mass is 386 g/mol. The molecule has 0 unspecified atom stereocenters. The van der Waals surface area contributed by atoms with Crippen molar-refractivity contribution in [3.05, 3.63) is 28.7 Å². The van der Waals surface area contributed by atoms with Gasteiger partial charge in [0, 0.05) is 29.7 Å². The summed E-state index contributed by atoms with van der Waals surface area (Å²) in [5.41, 5.74) is 2.64. The molecule has 6 nitrogen and oxygen atoms in total. The van der Waals surface area contributed by atoms with Gasteiger partial charge in [0.1, 0.15) is 11.9 Å². The Morgan fingerprint density at radius 2 is 2.11 bits per heavy atom. The smallest absolute Gasteiger partial charge is 0.408 e. The van der Waals surface area contributed by atoms with Crippen molar-refractivity contribution < 1.29 is 14.3 Å². The lowest BCUT2D eigenvalue weighted by molar-refractivity contribution is 0.0648. The van der Waals surface area contributed by atoms with Gasteiger partial charge in [-0.15, -0.1) is 0 Å². The maximum Gasteiger partial charge on any atom is 0.408 e. The molecule has 1 aliphatic heterocycles. The second kappa shape index (κ2) is 7.01. The Balaban J connectivity index is 2.09. The summed E-state index contributed by atoms with van der Waals surface area (Å²) < 4.78 is 15.1. The van der Waals surface area contributed by atoms with Gasteiger partial charge < -0.3 is 15.0 Å². The number of carbonyl (C=O) groups is 1. The molecule has 28 heavy (non-hydrogen) atoms. The predicted octanol–water partition coefficient (Wildman–Crippen LogP) is 4.54. The van der Waals surface area contributed by atoms with Crippen molar-refractivity contribution in [2.75, 3.05) is 18.0 Å². The number of carboxylic acid groups (broad SMARTS) is 1. The maximum absolute atomic E-state index is 15.1. The number of amides is 1. The summed E-state index contributed by atoms with van der Waals surface area (Å²) in [6.07, 6.45) is 0.554. The first kappa shape index (κ1) is 20.0. The van der Waals surface area contributed by atoms with Crippen LogP contribution in [-0.2, 0) is 0 Å². The van der Waals surface area contributed by atoms with Crippen LogP contribution in [0.25, 0.3) is 10.9 Å². The van der Waals surface area contributed by atoms with Crippen molar-refractivity contribution in [2.45, 2.75) is 59.0 Å². The Labute approximate surface area is 164 Å². The fraction of sp³-hybridized carbons (Fsp3) is 0.524. The van der Waals surface area contributed by atoms with Crippen LogP contribution >= 0.6 is 0 Å². The van der Waals surface area contributed by atoms with Crippen molar-refractivity contribution in [1.29, 1.82) is 5.26 Å². The lowest BCUT2D eigenvalue weighted by atomic mass is 9.96. The number of anilines is 1. The zero-order chi connectivity index (χ0) is 20.8. The fourth-order valence-electron chi connectivity index (χ4n) is 4.36. The van der Waals surface area contributed by atoms with Gasteiger partial charge in [0.2, 0.25) is 0 Å². The molecule has 2 aromatic rings. The number of rotatable bonds is 2. The molecule has 1 atom stereocenters. The number of H-pyrrole nitrogens is 1. The number of benzene rings is 1. The van der Waals surface area contributed by atoms with Crippen LogP contribution in [0.1, 0.15) is 50.4 Å². The van der Waals surface area contributed by atoms with Crippen molar-refractivity contribution in [3.63, 3.8) is 0 Å². The Morgan fingerprint density at radius 1 is 1.43 bits per heavy atom. The highest BCUT2D eigenvalue weighted by Crippen LogP contribution is 2.38. The zero-order valence-electron chi connectivity index (χ0n) is 17.1. The van der Waals surface area contributed by atoms with Crippen LogP contribution in [0.5, 0.6) is 0 Å². The van der Waals surface area contributed by atoms with Gasteiger partial charge in [-0.25, -0.2) is 9.18 Å². The van der Waals surface area contributed by atoms with E-state index in [0.29, 0.717) is 29.7 Å². The normalized spacial score (nSPS) is 17.6. The van der Waals surface area contributed by atoms with E-state index >= 15 is 4.39 Å². The Hall–Kier alpha value is -2.75. The highest BCUT2D eigenvalue weighted by Gasteiger charge is 2.37. The standard InChI is InChI=1S/C21H27FN4O2/c1-12-13(2)24-18-14(10-23)9-16(22)19(17(12)18)25-8-6-7-15(11-25)26(20(27)28)21(3,4)5/h9,15,24H,6-8,11H2,1-5H3,(H,27,28)/t15-/m0/s1. The number of hydrogen-bond donors (Lipinski definition) is 2. The molecule has 7 heteroatoms. The second-order valence-corrected chi connectivity index (χ2v) is 8.56. The number of halogens is 1. The summed E-state index contributed by atoms with van der Waals surface area (Å²) in [6.45, 7) is 10.5.